The maximum Gasteiger partial charge on any atom is 0.0926 e. The molecule has 0 amide bonds. The molecule has 3 nitrogen and oxygen atoms in total. The molecule has 3 aromatic rings. The van der Waals surface area contributed by atoms with Crippen molar-refractivity contribution in [3.05, 3.63) is 52.3 Å². The smallest absolute Gasteiger partial charge is 0.0926 e. The van der Waals surface area contributed by atoms with Gasteiger partial charge in [-0.15, -0.1) is 11.3 Å². The zero-order valence-electron chi connectivity index (χ0n) is 10.4. The third-order valence-corrected chi connectivity index (χ3v) is 4.11. The average molecular weight is 257 g/mol. The molecule has 4 heteroatoms. The fourth-order valence-corrected chi connectivity index (χ4v) is 3.16. The highest BCUT2D eigenvalue weighted by Crippen LogP contribution is 2.29. The van der Waals surface area contributed by atoms with E-state index in [2.05, 4.69) is 46.1 Å². The van der Waals surface area contributed by atoms with Gasteiger partial charge in [0.1, 0.15) is 0 Å². The van der Waals surface area contributed by atoms with E-state index in [1.54, 1.807) is 11.3 Å². The summed E-state index contributed by atoms with van der Waals surface area (Å²) in [5, 5.41) is 11.4. The molecule has 1 atom stereocenters. The summed E-state index contributed by atoms with van der Waals surface area (Å²) >= 11 is 1.76. The van der Waals surface area contributed by atoms with Crippen molar-refractivity contribution in [1.29, 1.82) is 0 Å². The maximum atomic E-state index is 4.68. The molecule has 0 fully saturated rings. The molecule has 0 aliphatic heterocycles. The summed E-state index contributed by atoms with van der Waals surface area (Å²) in [6.07, 6.45) is 0. The van der Waals surface area contributed by atoms with Crippen LogP contribution in [0.3, 0.4) is 0 Å². The first-order chi connectivity index (χ1) is 8.81. The predicted octanol–water partition coefficient (Wildman–Crippen LogP) is 2.94. The molecule has 0 saturated heterocycles. The Morgan fingerprint density at radius 3 is 2.78 bits per heavy atom. The second kappa shape index (κ2) is 4.55. The molecule has 0 radical (unpaired) electrons. The normalized spacial score (nSPS) is 13.0. The molecule has 0 spiro atoms. The van der Waals surface area contributed by atoms with Crippen LogP contribution in [0.15, 0.2) is 41.8 Å². The third-order valence-electron chi connectivity index (χ3n) is 3.18. The lowest BCUT2D eigenvalue weighted by Crippen LogP contribution is -2.17. The van der Waals surface area contributed by atoms with Crippen LogP contribution in [0.1, 0.15) is 16.6 Å². The van der Waals surface area contributed by atoms with E-state index in [4.69, 9.17) is 0 Å². The van der Waals surface area contributed by atoms with Gasteiger partial charge in [-0.3, -0.25) is 4.68 Å². The number of rotatable bonds is 3. The molecule has 2 heterocycles. The van der Waals surface area contributed by atoms with E-state index < -0.39 is 0 Å². The molecular formula is C14H15N3S. The standard InChI is InChI=1S/C14H15N3S/c1-15-14(12-8-5-9-18-12)13-10-6-3-4-7-11(10)17(2)16-13/h3-9,14-15H,1-2H3. The van der Waals surface area contributed by atoms with Crippen molar-refractivity contribution in [3.8, 4) is 0 Å². The molecule has 0 aliphatic carbocycles. The Kier molecular flexibility index (Phi) is 2.89. The van der Waals surface area contributed by atoms with Crippen LogP contribution in [0.4, 0.5) is 0 Å². The number of thiophene rings is 1. The van der Waals surface area contributed by atoms with Crippen molar-refractivity contribution in [1.82, 2.24) is 15.1 Å². The van der Waals surface area contributed by atoms with Gasteiger partial charge < -0.3 is 5.32 Å². The summed E-state index contributed by atoms with van der Waals surface area (Å²) in [7, 11) is 3.97. The average Bonchev–Trinajstić information content (AvgIpc) is 3.01. The molecule has 1 N–H and O–H groups in total. The lowest BCUT2D eigenvalue weighted by atomic mass is 10.1. The van der Waals surface area contributed by atoms with Gasteiger partial charge in [-0.05, 0) is 24.6 Å². The number of nitrogens with zero attached hydrogens (tertiary/aromatic N) is 2. The number of benzene rings is 1. The van der Waals surface area contributed by atoms with Gasteiger partial charge in [-0.25, -0.2) is 0 Å². The molecule has 92 valence electrons. The number of aromatic nitrogens is 2. The van der Waals surface area contributed by atoms with Crippen LogP contribution >= 0.6 is 11.3 Å². The number of fused-ring (bicyclic) bond motifs is 1. The number of aryl methyl sites for hydroxylation is 1. The first-order valence-electron chi connectivity index (χ1n) is 5.93. The van der Waals surface area contributed by atoms with E-state index in [9.17, 15) is 0 Å². The fourth-order valence-electron chi connectivity index (χ4n) is 2.32. The van der Waals surface area contributed by atoms with Crippen molar-refractivity contribution < 1.29 is 0 Å². The second-order valence-corrected chi connectivity index (χ2v) is 5.24. The van der Waals surface area contributed by atoms with Crippen LogP contribution in [0, 0.1) is 0 Å². The maximum absolute atomic E-state index is 4.68. The van der Waals surface area contributed by atoms with Gasteiger partial charge >= 0.3 is 0 Å². The van der Waals surface area contributed by atoms with E-state index in [1.165, 1.54) is 15.8 Å². The fraction of sp³-hybridized carbons (Fsp3) is 0.214. The summed E-state index contributed by atoms with van der Waals surface area (Å²) < 4.78 is 1.95. The highest BCUT2D eigenvalue weighted by molar-refractivity contribution is 7.10. The van der Waals surface area contributed by atoms with Crippen molar-refractivity contribution >= 4 is 22.2 Å². The minimum Gasteiger partial charge on any atom is -0.307 e. The number of hydrogen-bond acceptors (Lipinski definition) is 3. The Labute approximate surface area is 110 Å². The summed E-state index contributed by atoms with van der Waals surface area (Å²) in [6.45, 7) is 0. The van der Waals surface area contributed by atoms with Crippen LogP contribution in [-0.2, 0) is 7.05 Å². The van der Waals surface area contributed by atoms with Gasteiger partial charge in [-0.1, -0.05) is 24.3 Å². The van der Waals surface area contributed by atoms with Crippen molar-refractivity contribution in [2.24, 2.45) is 7.05 Å². The van der Waals surface area contributed by atoms with E-state index >= 15 is 0 Å². The topological polar surface area (TPSA) is 29.9 Å². The zero-order chi connectivity index (χ0) is 12.5. The molecule has 0 bridgehead atoms. The summed E-state index contributed by atoms with van der Waals surface area (Å²) in [5.74, 6) is 0. The van der Waals surface area contributed by atoms with Crippen LogP contribution in [-0.4, -0.2) is 16.8 Å². The Morgan fingerprint density at radius 2 is 2.06 bits per heavy atom. The van der Waals surface area contributed by atoms with E-state index in [0.29, 0.717) is 0 Å². The molecule has 0 aliphatic rings. The highest BCUT2D eigenvalue weighted by atomic mass is 32.1. The molecule has 0 saturated carbocycles. The second-order valence-electron chi connectivity index (χ2n) is 4.26. The first-order valence-corrected chi connectivity index (χ1v) is 6.81. The van der Waals surface area contributed by atoms with Crippen molar-refractivity contribution in [3.63, 3.8) is 0 Å². The summed E-state index contributed by atoms with van der Waals surface area (Å²) in [4.78, 5) is 1.29. The number of para-hydroxylation sites is 1. The Hall–Kier alpha value is -1.65. The Balaban J connectivity index is 2.19. The third kappa shape index (κ3) is 1.74. The largest absolute Gasteiger partial charge is 0.307 e. The monoisotopic (exact) mass is 257 g/mol. The summed E-state index contributed by atoms with van der Waals surface area (Å²) in [5.41, 5.74) is 2.27. The lowest BCUT2D eigenvalue weighted by Gasteiger charge is -2.12. The van der Waals surface area contributed by atoms with Crippen molar-refractivity contribution in [2.45, 2.75) is 6.04 Å². The number of hydrogen-bond donors (Lipinski definition) is 1. The molecule has 2 aromatic heterocycles. The first kappa shape index (κ1) is 11.4. The van der Waals surface area contributed by atoms with Crippen LogP contribution in [0.25, 0.3) is 10.9 Å². The summed E-state index contributed by atoms with van der Waals surface area (Å²) in [6, 6.07) is 12.7. The van der Waals surface area contributed by atoms with Crippen LogP contribution < -0.4 is 5.32 Å². The minimum atomic E-state index is 0.163. The lowest BCUT2D eigenvalue weighted by molar-refractivity contribution is 0.657. The quantitative estimate of drug-likeness (QED) is 0.782. The van der Waals surface area contributed by atoms with Crippen LogP contribution in [0.5, 0.6) is 0 Å². The van der Waals surface area contributed by atoms with Crippen molar-refractivity contribution in [2.75, 3.05) is 7.05 Å². The van der Waals surface area contributed by atoms with Crippen LogP contribution in [0.2, 0.25) is 0 Å². The Morgan fingerprint density at radius 1 is 1.22 bits per heavy atom. The van der Waals surface area contributed by atoms with E-state index in [0.717, 1.165) is 5.69 Å². The molecule has 18 heavy (non-hydrogen) atoms. The van der Waals surface area contributed by atoms with E-state index in [-0.39, 0.29) is 6.04 Å². The van der Waals surface area contributed by atoms with E-state index in [1.807, 2.05) is 24.8 Å². The molecule has 1 unspecified atom stereocenters. The predicted molar refractivity (Wildman–Crippen MR) is 75.9 cm³/mol. The van der Waals surface area contributed by atoms with Gasteiger partial charge in [0.05, 0.1) is 17.3 Å². The van der Waals surface area contributed by atoms with Gasteiger partial charge in [0, 0.05) is 17.3 Å². The Bertz CT molecular complexity index is 655. The molecule has 1 aromatic carbocycles. The number of nitrogens with one attached hydrogen (secondary N) is 1. The van der Waals surface area contributed by atoms with Gasteiger partial charge in [0.15, 0.2) is 0 Å². The van der Waals surface area contributed by atoms with Gasteiger partial charge in [-0.2, -0.15) is 5.10 Å². The molecule has 3 rings (SSSR count). The highest BCUT2D eigenvalue weighted by Gasteiger charge is 2.19. The SMILES string of the molecule is CNC(c1cccs1)c1nn(C)c2ccccc12. The van der Waals surface area contributed by atoms with Gasteiger partial charge in [0.25, 0.3) is 0 Å². The zero-order valence-corrected chi connectivity index (χ0v) is 11.2. The minimum absolute atomic E-state index is 0.163. The molecular weight excluding hydrogens is 242 g/mol. The van der Waals surface area contributed by atoms with Gasteiger partial charge in [0.2, 0.25) is 0 Å².